The predicted octanol–water partition coefficient (Wildman–Crippen LogP) is 2.90. The third-order valence-electron chi connectivity index (χ3n) is 3.50. The van der Waals surface area contributed by atoms with Crippen LogP contribution in [0.3, 0.4) is 0 Å². The van der Waals surface area contributed by atoms with Gasteiger partial charge in [-0.05, 0) is 36.4 Å². The fraction of sp³-hybridized carbons (Fsp3) is 0.0588. The molecule has 0 radical (unpaired) electrons. The molecule has 0 aliphatic rings. The lowest BCUT2D eigenvalue weighted by Crippen LogP contribution is -2.18. The lowest BCUT2D eigenvalue weighted by molar-refractivity contribution is 0.601. The first-order valence-electron chi connectivity index (χ1n) is 7.28. The highest BCUT2D eigenvalue weighted by Crippen LogP contribution is 2.22. The fourth-order valence-corrected chi connectivity index (χ4v) is 3.57. The van der Waals surface area contributed by atoms with E-state index in [1.165, 1.54) is 22.9 Å². The van der Waals surface area contributed by atoms with Crippen molar-refractivity contribution in [3.8, 4) is 11.3 Å². The number of aryl methyl sites for hydroxylation is 1. The Morgan fingerprint density at radius 2 is 1.76 bits per heavy atom. The van der Waals surface area contributed by atoms with E-state index in [1.807, 2.05) is 0 Å². The molecule has 0 unspecified atom stereocenters. The molecule has 8 heteroatoms. The Kier molecular flexibility index (Phi) is 4.61. The number of rotatable bonds is 4. The molecular weight excluding hydrogens is 362 g/mol. The molecule has 25 heavy (non-hydrogen) atoms. The zero-order valence-electron chi connectivity index (χ0n) is 13.2. The van der Waals surface area contributed by atoms with Crippen molar-refractivity contribution < 1.29 is 8.42 Å². The molecule has 3 aromatic rings. The van der Waals surface area contributed by atoms with Crippen LogP contribution in [-0.2, 0) is 17.1 Å². The van der Waals surface area contributed by atoms with Crippen molar-refractivity contribution in [2.24, 2.45) is 7.05 Å². The molecule has 6 nitrogen and oxygen atoms in total. The van der Waals surface area contributed by atoms with Gasteiger partial charge in [0, 0.05) is 29.4 Å². The van der Waals surface area contributed by atoms with Crippen LogP contribution in [0.25, 0.3) is 11.3 Å². The predicted molar refractivity (Wildman–Crippen MR) is 97.2 cm³/mol. The third kappa shape index (κ3) is 3.89. The summed E-state index contributed by atoms with van der Waals surface area (Å²) in [6, 6.07) is 15.8. The number of hydrogen-bond acceptors (Lipinski definition) is 4. The van der Waals surface area contributed by atoms with Gasteiger partial charge in [-0.15, -0.1) is 0 Å². The van der Waals surface area contributed by atoms with Gasteiger partial charge in [-0.2, -0.15) is 5.10 Å². The Morgan fingerprint density at radius 3 is 2.40 bits per heavy atom. The van der Waals surface area contributed by atoms with Crippen LogP contribution >= 0.6 is 11.6 Å². The zero-order valence-corrected chi connectivity index (χ0v) is 14.8. The van der Waals surface area contributed by atoms with Crippen molar-refractivity contribution in [1.29, 1.82) is 0 Å². The van der Waals surface area contributed by atoms with Crippen molar-refractivity contribution in [2.75, 3.05) is 4.72 Å². The van der Waals surface area contributed by atoms with Gasteiger partial charge in [-0.25, -0.2) is 13.1 Å². The second kappa shape index (κ2) is 6.70. The maximum atomic E-state index is 12.4. The van der Waals surface area contributed by atoms with Gasteiger partial charge in [0.2, 0.25) is 0 Å². The number of halogens is 1. The Bertz CT molecular complexity index is 1080. The molecule has 3 rings (SSSR count). The van der Waals surface area contributed by atoms with Crippen molar-refractivity contribution >= 4 is 27.3 Å². The zero-order chi connectivity index (χ0) is 18.0. The summed E-state index contributed by atoms with van der Waals surface area (Å²) < 4.78 is 28.5. The van der Waals surface area contributed by atoms with Crippen LogP contribution in [0.5, 0.6) is 0 Å². The minimum atomic E-state index is -3.72. The Hall–Kier alpha value is -2.64. The van der Waals surface area contributed by atoms with Crippen molar-refractivity contribution in [1.82, 2.24) is 9.78 Å². The van der Waals surface area contributed by atoms with Crippen LogP contribution in [0.4, 0.5) is 5.69 Å². The number of benzene rings is 2. The second-order valence-electron chi connectivity index (χ2n) is 5.32. The molecule has 0 amide bonds. The molecule has 2 aromatic carbocycles. The summed E-state index contributed by atoms with van der Waals surface area (Å²) in [7, 11) is -2.15. The summed E-state index contributed by atoms with van der Waals surface area (Å²) in [6.07, 6.45) is 0. The summed E-state index contributed by atoms with van der Waals surface area (Å²) in [5.41, 5.74) is 1.59. The molecule has 1 heterocycles. The molecule has 0 atom stereocenters. The van der Waals surface area contributed by atoms with Crippen LogP contribution < -0.4 is 10.3 Å². The molecule has 1 aromatic heterocycles. The number of anilines is 1. The average Bonchev–Trinajstić information content (AvgIpc) is 2.58. The van der Waals surface area contributed by atoms with Crippen LogP contribution in [-0.4, -0.2) is 18.2 Å². The second-order valence-corrected chi connectivity index (χ2v) is 7.44. The Morgan fingerprint density at radius 1 is 1.04 bits per heavy atom. The highest BCUT2D eigenvalue weighted by molar-refractivity contribution is 7.92. The van der Waals surface area contributed by atoms with Crippen LogP contribution in [0.2, 0.25) is 5.02 Å². The van der Waals surface area contributed by atoms with E-state index in [1.54, 1.807) is 49.5 Å². The largest absolute Gasteiger partial charge is 0.280 e. The van der Waals surface area contributed by atoms with Crippen molar-refractivity contribution in [3.63, 3.8) is 0 Å². The van der Waals surface area contributed by atoms with Gasteiger partial charge in [0.05, 0.1) is 10.6 Å². The van der Waals surface area contributed by atoms with Crippen molar-refractivity contribution in [2.45, 2.75) is 4.90 Å². The minimum absolute atomic E-state index is 0.0869. The van der Waals surface area contributed by atoms with E-state index in [0.29, 0.717) is 16.4 Å². The van der Waals surface area contributed by atoms with E-state index in [2.05, 4.69) is 9.82 Å². The quantitative estimate of drug-likeness (QED) is 0.760. The first-order valence-corrected chi connectivity index (χ1v) is 9.14. The SMILES string of the molecule is Cn1nc(-c2ccc(NS(=O)(=O)c3cccc(Cl)c3)cc2)ccc1=O. The number of aromatic nitrogens is 2. The Balaban J connectivity index is 1.85. The summed E-state index contributed by atoms with van der Waals surface area (Å²) >= 11 is 5.84. The molecule has 1 N–H and O–H groups in total. The lowest BCUT2D eigenvalue weighted by atomic mass is 10.1. The molecule has 0 aliphatic carbocycles. The lowest BCUT2D eigenvalue weighted by Gasteiger charge is -2.09. The van der Waals surface area contributed by atoms with Crippen LogP contribution in [0, 0.1) is 0 Å². The van der Waals surface area contributed by atoms with Gasteiger partial charge >= 0.3 is 0 Å². The Labute approximate surface area is 149 Å². The molecular formula is C17H14ClN3O3S. The van der Waals surface area contributed by atoms with Crippen LogP contribution in [0.1, 0.15) is 0 Å². The van der Waals surface area contributed by atoms with Gasteiger partial charge in [0.1, 0.15) is 0 Å². The van der Waals surface area contributed by atoms with E-state index in [-0.39, 0.29) is 10.5 Å². The normalized spacial score (nSPS) is 11.3. The summed E-state index contributed by atoms with van der Waals surface area (Å²) in [6.45, 7) is 0. The van der Waals surface area contributed by atoms with Gasteiger partial charge in [-0.3, -0.25) is 9.52 Å². The molecule has 0 saturated heterocycles. The van der Waals surface area contributed by atoms with Crippen molar-refractivity contribution in [3.05, 3.63) is 76.0 Å². The van der Waals surface area contributed by atoms with Crippen LogP contribution in [0.15, 0.2) is 70.4 Å². The highest BCUT2D eigenvalue weighted by atomic mass is 35.5. The number of nitrogens with zero attached hydrogens (tertiary/aromatic N) is 2. The minimum Gasteiger partial charge on any atom is -0.280 e. The number of hydrogen-bond donors (Lipinski definition) is 1. The first kappa shape index (κ1) is 17.2. The number of nitrogens with one attached hydrogen (secondary N) is 1. The summed E-state index contributed by atoms with van der Waals surface area (Å²) in [4.78, 5) is 11.5. The fourth-order valence-electron chi connectivity index (χ4n) is 2.21. The van der Waals surface area contributed by atoms with E-state index >= 15 is 0 Å². The van der Waals surface area contributed by atoms with Gasteiger partial charge in [0.25, 0.3) is 15.6 Å². The van der Waals surface area contributed by atoms with Gasteiger partial charge < -0.3 is 0 Å². The molecule has 128 valence electrons. The monoisotopic (exact) mass is 375 g/mol. The van der Waals surface area contributed by atoms with E-state index in [4.69, 9.17) is 11.6 Å². The molecule has 0 spiro atoms. The van der Waals surface area contributed by atoms with E-state index in [0.717, 1.165) is 5.56 Å². The molecule has 0 fully saturated rings. The summed E-state index contributed by atoms with van der Waals surface area (Å²) in [5, 5.41) is 4.50. The maximum absolute atomic E-state index is 12.4. The first-order chi connectivity index (χ1) is 11.8. The summed E-state index contributed by atoms with van der Waals surface area (Å²) in [5.74, 6) is 0. The molecule has 0 saturated carbocycles. The van der Waals surface area contributed by atoms with Gasteiger partial charge in [-0.1, -0.05) is 29.8 Å². The third-order valence-corrected chi connectivity index (χ3v) is 5.11. The maximum Gasteiger partial charge on any atom is 0.266 e. The molecule has 0 aliphatic heterocycles. The van der Waals surface area contributed by atoms with Gasteiger partial charge in [0.15, 0.2) is 0 Å². The van der Waals surface area contributed by atoms with E-state index < -0.39 is 10.0 Å². The topological polar surface area (TPSA) is 81.1 Å². The average molecular weight is 376 g/mol. The highest BCUT2D eigenvalue weighted by Gasteiger charge is 2.14. The smallest absolute Gasteiger partial charge is 0.266 e. The molecule has 0 bridgehead atoms. The standard InChI is InChI=1S/C17H14ClN3O3S/c1-21-17(22)10-9-16(19-21)12-5-7-14(8-6-12)20-25(23,24)15-4-2-3-13(18)11-15/h2-11,20H,1H3. The van der Waals surface area contributed by atoms with E-state index in [9.17, 15) is 13.2 Å². The number of sulfonamides is 1.